The molecule has 0 radical (unpaired) electrons. The van der Waals surface area contributed by atoms with E-state index in [1.165, 1.54) is 5.56 Å². The van der Waals surface area contributed by atoms with Crippen LogP contribution in [0.5, 0.6) is 0 Å². The molecule has 0 unspecified atom stereocenters. The SMILES string of the molecule is NCCCNCc1ccc2c(c1)CC(=O)N2. The molecule has 1 aromatic carbocycles. The zero-order valence-corrected chi connectivity index (χ0v) is 9.25. The van der Waals surface area contributed by atoms with E-state index in [2.05, 4.69) is 16.7 Å². The Bertz CT molecular complexity index is 390. The second-order valence-corrected chi connectivity index (χ2v) is 4.04. The van der Waals surface area contributed by atoms with Gasteiger partial charge in [-0.3, -0.25) is 4.79 Å². The number of benzene rings is 1. The van der Waals surface area contributed by atoms with Gasteiger partial charge in [-0.15, -0.1) is 0 Å². The first-order valence-electron chi connectivity index (χ1n) is 5.62. The normalized spacial score (nSPS) is 13.7. The maximum atomic E-state index is 11.2. The van der Waals surface area contributed by atoms with E-state index in [-0.39, 0.29) is 5.91 Å². The molecule has 0 aliphatic carbocycles. The summed E-state index contributed by atoms with van der Waals surface area (Å²) in [6.07, 6.45) is 1.50. The third-order valence-electron chi connectivity index (χ3n) is 2.68. The van der Waals surface area contributed by atoms with Crippen LogP contribution in [0, 0.1) is 0 Å². The first-order chi connectivity index (χ1) is 7.79. The van der Waals surface area contributed by atoms with Crippen LogP contribution in [0.15, 0.2) is 18.2 Å². The second-order valence-electron chi connectivity index (χ2n) is 4.04. The minimum absolute atomic E-state index is 0.0863. The van der Waals surface area contributed by atoms with Gasteiger partial charge in [0.25, 0.3) is 0 Å². The third kappa shape index (κ3) is 2.59. The summed E-state index contributed by atoms with van der Waals surface area (Å²) >= 11 is 0. The molecule has 0 saturated carbocycles. The van der Waals surface area contributed by atoms with Gasteiger partial charge >= 0.3 is 0 Å². The Morgan fingerprint density at radius 2 is 2.31 bits per heavy atom. The number of rotatable bonds is 5. The number of hydrogen-bond acceptors (Lipinski definition) is 3. The number of carbonyl (C=O) groups is 1. The highest BCUT2D eigenvalue weighted by molar-refractivity contribution is 5.99. The van der Waals surface area contributed by atoms with Crippen LogP contribution in [-0.2, 0) is 17.8 Å². The average Bonchev–Trinajstić information content (AvgIpc) is 2.64. The number of nitrogens with two attached hydrogens (primary N) is 1. The molecule has 1 aromatic rings. The van der Waals surface area contributed by atoms with Crippen molar-refractivity contribution in [3.8, 4) is 0 Å². The van der Waals surface area contributed by atoms with Crippen molar-refractivity contribution in [3.63, 3.8) is 0 Å². The fraction of sp³-hybridized carbons (Fsp3) is 0.417. The van der Waals surface area contributed by atoms with Gasteiger partial charge in [0, 0.05) is 12.2 Å². The van der Waals surface area contributed by atoms with Crippen LogP contribution in [0.1, 0.15) is 17.5 Å². The summed E-state index contributed by atoms with van der Waals surface area (Å²) in [6.45, 7) is 2.49. The number of carbonyl (C=O) groups excluding carboxylic acids is 1. The zero-order chi connectivity index (χ0) is 11.4. The van der Waals surface area contributed by atoms with E-state index in [0.29, 0.717) is 6.42 Å². The van der Waals surface area contributed by atoms with E-state index < -0.39 is 0 Å². The lowest BCUT2D eigenvalue weighted by Crippen LogP contribution is -2.17. The van der Waals surface area contributed by atoms with Crippen LogP contribution in [0.2, 0.25) is 0 Å². The zero-order valence-electron chi connectivity index (χ0n) is 9.25. The van der Waals surface area contributed by atoms with Gasteiger partial charge in [0.05, 0.1) is 6.42 Å². The Balaban J connectivity index is 1.92. The summed E-state index contributed by atoms with van der Waals surface area (Å²) in [5, 5.41) is 6.14. The van der Waals surface area contributed by atoms with E-state index in [4.69, 9.17) is 5.73 Å². The quantitative estimate of drug-likeness (QED) is 0.636. The highest BCUT2D eigenvalue weighted by Crippen LogP contribution is 2.23. The van der Waals surface area contributed by atoms with Gasteiger partial charge in [-0.2, -0.15) is 0 Å². The summed E-state index contributed by atoms with van der Waals surface area (Å²) < 4.78 is 0. The Morgan fingerprint density at radius 1 is 1.44 bits per heavy atom. The molecule has 0 atom stereocenters. The number of fused-ring (bicyclic) bond motifs is 1. The molecule has 16 heavy (non-hydrogen) atoms. The molecule has 4 N–H and O–H groups in total. The second kappa shape index (κ2) is 5.09. The predicted molar refractivity (Wildman–Crippen MR) is 64.2 cm³/mol. The van der Waals surface area contributed by atoms with Gasteiger partial charge < -0.3 is 16.4 Å². The summed E-state index contributed by atoms with van der Waals surface area (Å²) in [5.74, 6) is 0.0863. The van der Waals surface area contributed by atoms with Crippen LogP contribution in [-0.4, -0.2) is 19.0 Å². The first-order valence-corrected chi connectivity index (χ1v) is 5.62. The Hall–Kier alpha value is -1.39. The highest BCUT2D eigenvalue weighted by Gasteiger charge is 2.16. The van der Waals surface area contributed by atoms with Crippen molar-refractivity contribution in [1.82, 2.24) is 5.32 Å². The molecule has 1 heterocycles. The Kier molecular flexibility index (Phi) is 3.54. The van der Waals surface area contributed by atoms with Gasteiger partial charge in [-0.05, 0) is 36.7 Å². The molecule has 4 heteroatoms. The monoisotopic (exact) mass is 219 g/mol. The van der Waals surface area contributed by atoms with Gasteiger partial charge in [0.2, 0.25) is 5.91 Å². The van der Waals surface area contributed by atoms with Crippen LogP contribution in [0.4, 0.5) is 5.69 Å². The summed E-state index contributed by atoms with van der Waals surface area (Å²) in [6, 6.07) is 6.10. The largest absolute Gasteiger partial charge is 0.330 e. The lowest BCUT2D eigenvalue weighted by atomic mass is 10.1. The van der Waals surface area contributed by atoms with E-state index >= 15 is 0 Å². The van der Waals surface area contributed by atoms with Crippen molar-refractivity contribution < 1.29 is 4.79 Å². The van der Waals surface area contributed by atoms with E-state index in [9.17, 15) is 4.79 Å². The van der Waals surface area contributed by atoms with Crippen LogP contribution < -0.4 is 16.4 Å². The van der Waals surface area contributed by atoms with Crippen molar-refractivity contribution in [2.75, 3.05) is 18.4 Å². The van der Waals surface area contributed by atoms with Crippen LogP contribution in [0.3, 0.4) is 0 Å². The number of anilines is 1. The standard InChI is InChI=1S/C12H17N3O/c13-4-1-5-14-8-9-2-3-11-10(6-9)7-12(16)15-11/h2-3,6,14H,1,4-5,7-8,13H2,(H,15,16). The molecular formula is C12H17N3O. The van der Waals surface area contributed by atoms with Gasteiger partial charge in [0.15, 0.2) is 0 Å². The lowest BCUT2D eigenvalue weighted by molar-refractivity contribution is -0.115. The highest BCUT2D eigenvalue weighted by atomic mass is 16.1. The Morgan fingerprint density at radius 3 is 3.12 bits per heavy atom. The maximum absolute atomic E-state index is 11.2. The lowest BCUT2D eigenvalue weighted by Gasteiger charge is -2.05. The molecule has 0 bridgehead atoms. The van der Waals surface area contributed by atoms with Crippen molar-refractivity contribution in [2.24, 2.45) is 5.73 Å². The molecule has 4 nitrogen and oxygen atoms in total. The number of hydrogen-bond donors (Lipinski definition) is 3. The van der Waals surface area contributed by atoms with Gasteiger partial charge in [-0.25, -0.2) is 0 Å². The predicted octanol–water partition coefficient (Wildman–Crippen LogP) is 0.620. The minimum atomic E-state index is 0.0863. The van der Waals surface area contributed by atoms with Gasteiger partial charge in [-0.1, -0.05) is 12.1 Å². The van der Waals surface area contributed by atoms with Crippen LogP contribution in [0.25, 0.3) is 0 Å². The maximum Gasteiger partial charge on any atom is 0.228 e. The third-order valence-corrected chi connectivity index (χ3v) is 2.68. The molecule has 0 spiro atoms. The van der Waals surface area contributed by atoms with E-state index in [0.717, 1.165) is 37.3 Å². The van der Waals surface area contributed by atoms with E-state index in [1.807, 2.05) is 12.1 Å². The molecule has 0 saturated heterocycles. The number of nitrogens with one attached hydrogen (secondary N) is 2. The topological polar surface area (TPSA) is 67.1 Å². The first kappa shape index (κ1) is 11.1. The van der Waals surface area contributed by atoms with Crippen molar-refractivity contribution >= 4 is 11.6 Å². The summed E-state index contributed by atoms with van der Waals surface area (Å²) in [5.41, 5.74) is 8.68. The molecule has 86 valence electrons. The molecule has 1 aliphatic rings. The summed E-state index contributed by atoms with van der Waals surface area (Å²) in [4.78, 5) is 11.2. The van der Waals surface area contributed by atoms with Crippen molar-refractivity contribution in [1.29, 1.82) is 0 Å². The Labute approximate surface area is 95.2 Å². The average molecular weight is 219 g/mol. The number of amides is 1. The molecular weight excluding hydrogens is 202 g/mol. The van der Waals surface area contributed by atoms with Crippen molar-refractivity contribution in [3.05, 3.63) is 29.3 Å². The van der Waals surface area contributed by atoms with E-state index in [1.54, 1.807) is 0 Å². The van der Waals surface area contributed by atoms with Gasteiger partial charge in [0.1, 0.15) is 0 Å². The molecule has 0 aromatic heterocycles. The summed E-state index contributed by atoms with van der Waals surface area (Å²) in [7, 11) is 0. The molecule has 1 amide bonds. The smallest absolute Gasteiger partial charge is 0.228 e. The molecule has 1 aliphatic heterocycles. The van der Waals surface area contributed by atoms with Crippen LogP contribution >= 0.6 is 0 Å². The molecule has 2 rings (SSSR count). The van der Waals surface area contributed by atoms with Crippen molar-refractivity contribution in [2.45, 2.75) is 19.4 Å². The minimum Gasteiger partial charge on any atom is -0.330 e. The fourth-order valence-electron chi connectivity index (χ4n) is 1.85. The molecule has 0 fully saturated rings. The fourth-order valence-corrected chi connectivity index (χ4v) is 1.85.